The Hall–Kier alpha value is -0.513. The van der Waals surface area contributed by atoms with E-state index in [1.54, 1.807) is 13.8 Å². The second-order valence-electron chi connectivity index (χ2n) is 9.51. The topological polar surface area (TPSA) is 94.5 Å². The van der Waals surface area contributed by atoms with E-state index in [9.17, 15) is 15.0 Å². The predicted octanol–water partition coefficient (Wildman–Crippen LogP) is 1.96. The summed E-state index contributed by atoms with van der Waals surface area (Å²) >= 11 is 0. The lowest BCUT2D eigenvalue weighted by molar-refractivity contribution is -0.219. The predicted molar refractivity (Wildman–Crippen MR) is 98.1 cm³/mol. The van der Waals surface area contributed by atoms with Crippen LogP contribution in [0.25, 0.3) is 0 Å². The summed E-state index contributed by atoms with van der Waals surface area (Å²) in [5, 5.41) is 22.0. The summed E-state index contributed by atoms with van der Waals surface area (Å²) in [6.07, 6.45) is -3.31. The molecule has 0 radical (unpaired) electrons. The maximum absolute atomic E-state index is 11.5. The number of aliphatic hydroxyl groups is 2. The number of carbonyl (C=O) groups is 1. The van der Waals surface area contributed by atoms with Gasteiger partial charge in [-0.3, -0.25) is 4.79 Å². The molecule has 1 saturated carbocycles. The quantitative estimate of drug-likeness (QED) is 0.560. The number of ether oxygens (including phenoxy) is 3. The average Bonchev–Trinajstić information content (AvgIpc) is 2.74. The van der Waals surface area contributed by atoms with Gasteiger partial charge in [0.2, 0.25) is 0 Å². The van der Waals surface area contributed by atoms with Gasteiger partial charge in [0.05, 0.1) is 12.7 Å². The van der Waals surface area contributed by atoms with Crippen molar-refractivity contribution < 1.29 is 33.6 Å². The van der Waals surface area contributed by atoms with Gasteiger partial charge in [0.15, 0.2) is 20.2 Å². The van der Waals surface area contributed by atoms with Gasteiger partial charge >= 0.3 is 5.97 Å². The summed E-state index contributed by atoms with van der Waals surface area (Å²) in [4.78, 5) is 11.5. The van der Waals surface area contributed by atoms with Crippen LogP contribution in [0.15, 0.2) is 0 Å². The lowest BCUT2D eigenvalue weighted by Crippen LogP contribution is -2.65. The molecule has 0 spiro atoms. The van der Waals surface area contributed by atoms with E-state index >= 15 is 0 Å². The van der Waals surface area contributed by atoms with E-state index in [0.717, 1.165) is 0 Å². The summed E-state index contributed by atoms with van der Waals surface area (Å²) in [5.41, 5.74) is -1.58. The van der Waals surface area contributed by atoms with Gasteiger partial charge in [0.1, 0.15) is 17.8 Å². The second kappa shape index (κ2) is 6.83. The Balaban J connectivity index is 2.24. The van der Waals surface area contributed by atoms with Crippen molar-refractivity contribution in [3.05, 3.63) is 0 Å². The largest absolute Gasteiger partial charge is 0.457 e. The maximum atomic E-state index is 11.5. The van der Waals surface area contributed by atoms with E-state index in [-0.39, 0.29) is 18.1 Å². The average molecular weight is 391 g/mol. The number of fused-ring (bicyclic) bond motifs is 1. The van der Waals surface area contributed by atoms with Crippen LogP contribution < -0.4 is 0 Å². The fraction of sp³-hybridized carbons (Fsp3) is 0.944. The molecule has 8 heteroatoms. The molecule has 0 amide bonds. The molecule has 0 bridgehead atoms. The third-order valence-corrected chi connectivity index (χ3v) is 10.2. The number of carbonyl (C=O) groups excluding carboxylic acids is 1. The molecule has 0 unspecified atom stereocenters. The fourth-order valence-corrected chi connectivity index (χ4v) is 4.29. The molecule has 1 saturated heterocycles. The first-order valence-corrected chi connectivity index (χ1v) is 12.1. The molecule has 0 aromatic heterocycles. The third-order valence-electron chi connectivity index (χ3n) is 5.75. The van der Waals surface area contributed by atoms with Crippen LogP contribution in [0.2, 0.25) is 18.1 Å². The van der Waals surface area contributed by atoms with E-state index in [1.807, 2.05) is 0 Å². The van der Waals surface area contributed by atoms with Gasteiger partial charge in [-0.2, -0.15) is 0 Å². The van der Waals surface area contributed by atoms with E-state index in [0.29, 0.717) is 0 Å². The maximum Gasteiger partial charge on any atom is 0.303 e. The summed E-state index contributed by atoms with van der Waals surface area (Å²) in [5.74, 6) is -1.42. The zero-order chi connectivity index (χ0) is 20.1. The van der Waals surface area contributed by atoms with Crippen LogP contribution in [0.3, 0.4) is 0 Å². The van der Waals surface area contributed by atoms with Crippen LogP contribution >= 0.6 is 0 Å². The normalized spacial score (nSPS) is 37.3. The standard InChI is InChI=1S/C18H34O7Si/c1-11(19)23-14-13-12(24-17(5,6)25-13)9-18(21,15(14)20)10-22-26(7,8)16(2,3)4/h12-15,20-21H,9-10H2,1-8H3/t12-,13-,14-,15+,18+/m1/s1. The Labute approximate surface area is 157 Å². The monoisotopic (exact) mass is 390 g/mol. The molecule has 1 heterocycles. The van der Waals surface area contributed by atoms with Crippen molar-refractivity contribution in [1.29, 1.82) is 0 Å². The molecular weight excluding hydrogens is 356 g/mol. The molecule has 26 heavy (non-hydrogen) atoms. The Morgan fingerprint density at radius 3 is 2.35 bits per heavy atom. The van der Waals surface area contributed by atoms with E-state index in [2.05, 4.69) is 33.9 Å². The van der Waals surface area contributed by atoms with Crippen molar-refractivity contribution >= 4 is 14.3 Å². The van der Waals surface area contributed by atoms with Gasteiger partial charge < -0.3 is 28.8 Å². The lowest BCUT2D eigenvalue weighted by Gasteiger charge is -2.47. The Morgan fingerprint density at radius 1 is 1.27 bits per heavy atom. The lowest BCUT2D eigenvalue weighted by atomic mass is 9.77. The summed E-state index contributed by atoms with van der Waals surface area (Å²) in [6, 6.07) is 0. The van der Waals surface area contributed by atoms with E-state index in [1.165, 1.54) is 6.92 Å². The van der Waals surface area contributed by atoms with Crippen molar-refractivity contribution in [3.8, 4) is 0 Å². The molecule has 5 atom stereocenters. The summed E-state index contributed by atoms with van der Waals surface area (Å²) in [6.45, 7) is 15.2. The van der Waals surface area contributed by atoms with Gasteiger partial charge in [-0.15, -0.1) is 0 Å². The highest BCUT2D eigenvalue weighted by Gasteiger charge is 2.60. The van der Waals surface area contributed by atoms with E-state index in [4.69, 9.17) is 18.6 Å². The molecule has 0 aromatic rings. The third kappa shape index (κ3) is 4.31. The fourth-order valence-electron chi connectivity index (χ4n) is 3.24. The molecule has 1 aliphatic heterocycles. The van der Waals surface area contributed by atoms with E-state index < -0.39 is 50.1 Å². The first kappa shape index (κ1) is 21.8. The molecule has 1 aliphatic carbocycles. The number of hydrogen-bond donors (Lipinski definition) is 2. The van der Waals surface area contributed by atoms with Crippen molar-refractivity contribution in [2.24, 2.45) is 0 Å². The molecule has 7 nitrogen and oxygen atoms in total. The van der Waals surface area contributed by atoms with Gasteiger partial charge in [0.25, 0.3) is 0 Å². The van der Waals surface area contributed by atoms with Crippen LogP contribution in [0, 0.1) is 0 Å². The second-order valence-corrected chi connectivity index (χ2v) is 14.3. The molecular formula is C18H34O7Si. The Kier molecular flexibility index (Phi) is 5.72. The summed E-state index contributed by atoms with van der Waals surface area (Å²) in [7, 11) is -2.13. The number of esters is 1. The number of hydrogen-bond acceptors (Lipinski definition) is 7. The summed E-state index contributed by atoms with van der Waals surface area (Å²) < 4.78 is 23.2. The molecule has 2 rings (SSSR count). The minimum absolute atomic E-state index is 0.0320. The van der Waals surface area contributed by atoms with Gasteiger partial charge in [-0.05, 0) is 32.0 Å². The zero-order valence-electron chi connectivity index (χ0n) is 17.2. The van der Waals surface area contributed by atoms with Crippen LogP contribution in [0.5, 0.6) is 0 Å². The van der Waals surface area contributed by atoms with Crippen LogP contribution in [-0.2, 0) is 23.4 Å². The van der Waals surface area contributed by atoms with Crippen molar-refractivity contribution in [1.82, 2.24) is 0 Å². The molecule has 152 valence electrons. The van der Waals surface area contributed by atoms with Crippen molar-refractivity contribution in [2.45, 2.75) is 102 Å². The van der Waals surface area contributed by atoms with Crippen LogP contribution in [0.1, 0.15) is 48.0 Å². The smallest absolute Gasteiger partial charge is 0.303 e. The van der Waals surface area contributed by atoms with Crippen molar-refractivity contribution in [2.75, 3.05) is 6.61 Å². The molecule has 2 N–H and O–H groups in total. The van der Waals surface area contributed by atoms with Crippen LogP contribution in [0.4, 0.5) is 0 Å². The molecule has 0 aromatic carbocycles. The SMILES string of the molecule is CC(=O)O[C@@H]1[C@@H]2OC(C)(C)O[C@@H]2C[C@](O)(CO[Si](C)(C)C(C)(C)C)[C@H]1O. The molecule has 2 aliphatic rings. The minimum atomic E-state index is -2.13. The van der Waals surface area contributed by atoms with Crippen LogP contribution in [-0.4, -0.2) is 66.9 Å². The Bertz CT molecular complexity index is 542. The minimum Gasteiger partial charge on any atom is -0.457 e. The van der Waals surface area contributed by atoms with Gasteiger partial charge in [-0.1, -0.05) is 20.8 Å². The Morgan fingerprint density at radius 2 is 1.85 bits per heavy atom. The van der Waals surface area contributed by atoms with Gasteiger partial charge in [-0.25, -0.2) is 0 Å². The first-order valence-electron chi connectivity index (χ1n) is 9.15. The highest BCUT2D eigenvalue weighted by atomic mass is 28.4. The molecule has 2 fully saturated rings. The van der Waals surface area contributed by atoms with Gasteiger partial charge in [0, 0.05) is 13.3 Å². The highest BCUT2D eigenvalue weighted by molar-refractivity contribution is 6.74. The zero-order valence-corrected chi connectivity index (χ0v) is 18.2. The first-order chi connectivity index (χ1) is 11.6. The van der Waals surface area contributed by atoms with Crippen molar-refractivity contribution in [3.63, 3.8) is 0 Å². The number of rotatable bonds is 4. The highest BCUT2D eigenvalue weighted by Crippen LogP contribution is 2.44. The number of aliphatic hydroxyl groups excluding tert-OH is 1.